The van der Waals surface area contributed by atoms with Gasteiger partial charge in [-0.05, 0) is 55.3 Å². The zero-order chi connectivity index (χ0) is 21.3. The summed E-state index contributed by atoms with van der Waals surface area (Å²) in [4.78, 5) is 24.5. The van der Waals surface area contributed by atoms with E-state index in [1.807, 2.05) is 30.3 Å². The van der Waals surface area contributed by atoms with Crippen LogP contribution in [-0.2, 0) is 16.0 Å². The fraction of sp³-hybridized carbons (Fsp3) is 0.167. The van der Waals surface area contributed by atoms with Crippen molar-refractivity contribution in [3.05, 3.63) is 89.4 Å². The van der Waals surface area contributed by atoms with Gasteiger partial charge in [-0.25, -0.2) is 0 Å². The molecule has 30 heavy (non-hydrogen) atoms. The van der Waals surface area contributed by atoms with Crippen LogP contribution < -0.4 is 15.4 Å². The second-order valence-electron chi connectivity index (χ2n) is 6.79. The Morgan fingerprint density at radius 1 is 0.867 bits per heavy atom. The number of benzene rings is 3. The number of rotatable bonds is 8. The SMILES string of the molecule is C[C@H](Oc1ccccc1Cl)C(=O)Nc1ccc(NC(=O)CCc2ccccc2)cc1. The van der Waals surface area contributed by atoms with Crippen LogP contribution in [0.5, 0.6) is 5.75 Å². The van der Waals surface area contributed by atoms with Gasteiger partial charge >= 0.3 is 0 Å². The molecule has 3 aromatic carbocycles. The third-order valence-electron chi connectivity index (χ3n) is 4.43. The van der Waals surface area contributed by atoms with Crippen LogP contribution in [0.3, 0.4) is 0 Å². The molecule has 5 nitrogen and oxygen atoms in total. The van der Waals surface area contributed by atoms with Crippen molar-refractivity contribution >= 4 is 34.8 Å². The molecule has 2 N–H and O–H groups in total. The van der Waals surface area contributed by atoms with Crippen molar-refractivity contribution in [1.82, 2.24) is 0 Å². The van der Waals surface area contributed by atoms with Crippen molar-refractivity contribution in [1.29, 1.82) is 0 Å². The number of anilines is 2. The minimum atomic E-state index is -0.720. The predicted molar refractivity (Wildman–Crippen MR) is 120 cm³/mol. The van der Waals surface area contributed by atoms with Crippen LogP contribution >= 0.6 is 11.6 Å². The molecule has 154 valence electrons. The molecule has 0 unspecified atom stereocenters. The van der Waals surface area contributed by atoms with E-state index < -0.39 is 6.10 Å². The molecule has 3 rings (SSSR count). The van der Waals surface area contributed by atoms with E-state index in [0.717, 1.165) is 5.56 Å². The van der Waals surface area contributed by atoms with Crippen LogP contribution in [-0.4, -0.2) is 17.9 Å². The molecular weight excluding hydrogens is 400 g/mol. The molecule has 0 spiro atoms. The molecule has 1 atom stereocenters. The molecule has 0 aromatic heterocycles. The zero-order valence-corrected chi connectivity index (χ0v) is 17.4. The molecule has 0 radical (unpaired) electrons. The zero-order valence-electron chi connectivity index (χ0n) is 16.6. The lowest BCUT2D eigenvalue weighted by Gasteiger charge is -2.15. The van der Waals surface area contributed by atoms with Gasteiger partial charge in [0.15, 0.2) is 6.10 Å². The second-order valence-corrected chi connectivity index (χ2v) is 7.20. The van der Waals surface area contributed by atoms with E-state index in [1.54, 1.807) is 55.5 Å². The molecule has 0 saturated carbocycles. The Hall–Kier alpha value is -3.31. The maximum Gasteiger partial charge on any atom is 0.265 e. The summed E-state index contributed by atoms with van der Waals surface area (Å²) in [5, 5.41) is 6.10. The van der Waals surface area contributed by atoms with E-state index >= 15 is 0 Å². The Labute approximate surface area is 181 Å². The number of hydrogen-bond acceptors (Lipinski definition) is 3. The molecule has 0 aliphatic heterocycles. The molecule has 0 fully saturated rings. The van der Waals surface area contributed by atoms with E-state index in [0.29, 0.717) is 35.0 Å². The van der Waals surface area contributed by atoms with Crippen LogP contribution in [0.2, 0.25) is 5.02 Å². The first kappa shape index (κ1) is 21.4. The third kappa shape index (κ3) is 6.36. The molecule has 3 aromatic rings. The van der Waals surface area contributed by atoms with Crippen molar-refractivity contribution in [2.75, 3.05) is 10.6 Å². The van der Waals surface area contributed by atoms with Gasteiger partial charge in [0.25, 0.3) is 5.91 Å². The molecule has 2 amide bonds. The first-order valence-corrected chi connectivity index (χ1v) is 10.0. The lowest BCUT2D eigenvalue weighted by molar-refractivity contribution is -0.122. The molecule has 0 saturated heterocycles. The van der Waals surface area contributed by atoms with Crippen LogP contribution in [0.15, 0.2) is 78.9 Å². The molecule has 0 bridgehead atoms. The highest BCUT2D eigenvalue weighted by atomic mass is 35.5. The summed E-state index contributed by atoms with van der Waals surface area (Å²) < 4.78 is 5.62. The number of carbonyl (C=O) groups excluding carboxylic acids is 2. The monoisotopic (exact) mass is 422 g/mol. The lowest BCUT2D eigenvalue weighted by atomic mass is 10.1. The Morgan fingerprint density at radius 3 is 2.13 bits per heavy atom. The van der Waals surface area contributed by atoms with Gasteiger partial charge in [-0.3, -0.25) is 9.59 Å². The fourth-order valence-electron chi connectivity index (χ4n) is 2.79. The number of ether oxygens (including phenoxy) is 1. The summed E-state index contributed by atoms with van der Waals surface area (Å²) in [6, 6.07) is 23.8. The van der Waals surface area contributed by atoms with Crippen molar-refractivity contribution in [3.63, 3.8) is 0 Å². The number of halogens is 1. The van der Waals surface area contributed by atoms with Crippen LogP contribution in [0.4, 0.5) is 11.4 Å². The quantitative estimate of drug-likeness (QED) is 0.516. The summed E-state index contributed by atoms with van der Waals surface area (Å²) >= 11 is 6.06. The summed E-state index contributed by atoms with van der Waals surface area (Å²) in [6.45, 7) is 1.65. The topological polar surface area (TPSA) is 67.4 Å². The normalized spacial score (nSPS) is 11.4. The number of aryl methyl sites for hydroxylation is 1. The average Bonchev–Trinajstić information content (AvgIpc) is 2.76. The lowest BCUT2D eigenvalue weighted by Crippen LogP contribution is -2.30. The minimum Gasteiger partial charge on any atom is -0.479 e. The smallest absolute Gasteiger partial charge is 0.265 e. The van der Waals surface area contributed by atoms with Gasteiger partial charge in [0.2, 0.25) is 5.91 Å². The third-order valence-corrected chi connectivity index (χ3v) is 4.74. The van der Waals surface area contributed by atoms with Crippen molar-refractivity contribution in [2.24, 2.45) is 0 Å². The van der Waals surface area contributed by atoms with E-state index in [2.05, 4.69) is 10.6 Å². The van der Waals surface area contributed by atoms with Crippen LogP contribution in [0.25, 0.3) is 0 Å². The highest BCUT2D eigenvalue weighted by Crippen LogP contribution is 2.24. The number of hydrogen-bond donors (Lipinski definition) is 2. The van der Waals surface area contributed by atoms with Crippen molar-refractivity contribution in [2.45, 2.75) is 25.9 Å². The molecule has 6 heteroatoms. The maximum absolute atomic E-state index is 12.4. The molecular formula is C24H23ClN2O3. The summed E-state index contributed by atoms with van der Waals surface area (Å²) in [5.41, 5.74) is 2.40. The van der Waals surface area contributed by atoms with Crippen LogP contribution in [0.1, 0.15) is 18.9 Å². The van der Waals surface area contributed by atoms with Gasteiger partial charge < -0.3 is 15.4 Å². The molecule has 0 heterocycles. The Morgan fingerprint density at radius 2 is 1.47 bits per heavy atom. The van der Waals surface area contributed by atoms with Crippen molar-refractivity contribution < 1.29 is 14.3 Å². The summed E-state index contributed by atoms with van der Waals surface area (Å²) in [5.74, 6) is 0.0994. The predicted octanol–water partition coefficient (Wildman–Crippen LogP) is 5.32. The Kier molecular flexibility index (Phi) is 7.46. The second kappa shape index (κ2) is 10.5. The number of para-hydroxylation sites is 1. The first-order valence-electron chi connectivity index (χ1n) is 9.67. The number of nitrogens with one attached hydrogen (secondary N) is 2. The van der Waals surface area contributed by atoms with E-state index in [4.69, 9.17) is 16.3 Å². The van der Waals surface area contributed by atoms with Gasteiger partial charge in [0.1, 0.15) is 5.75 Å². The standard InChI is InChI=1S/C24H23ClN2O3/c1-17(30-22-10-6-5-9-21(22)25)24(29)27-20-14-12-19(13-15-20)26-23(28)16-11-18-7-3-2-4-8-18/h2-10,12-15,17H,11,16H2,1H3,(H,26,28)(H,27,29)/t17-/m0/s1. The van der Waals surface area contributed by atoms with Crippen LogP contribution in [0, 0.1) is 0 Å². The highest BCUT2D eigenvalue weighted by Gasteiger charge is 2.16. The molecule has 0 aliphatic rings. The van der Waals surface area contributed by atoms with Gasteiger partial charge in [0.05, 0.1) is 5.02 Å². The fourth-order valence-corrected chi connectivity index (χ4v) is 2.97. The van der Waals surface area contributed by atoms with Gasteiger partial charge in [-0.2, -0.15) is 0 Å². The minimum absolute atomic E-state index is 0.0580. The number of amides is 2. The molecule has 0 aliphatic carbocycles. The average molecular weight is 423 g/mol. The summed E-state index contributed by atoms with van der Waals surface area (Å²) in [6.07, 6.45) is 0.367. The van der Waals surface area contributed by atoms with Gasteiger partial charge in [-0.15, -0.1) is 0 Å². The van der Waals surface area contributed by atoms with Crippen molar-refractivity contribution in [3.8, 4) is 5.75 Å². The van der Waals surface area contributed by atoms with Gasteiger partial charge in [0, 0.05) is 17.8 Å². The maximum atomic E-state index is 12.4. The van der Waals surface area contributed by atoms with E-state index in [9.17, 15) is 9.59 Å². The Balaban J connectivity index is 1.48. The Bertz CT molecular complexity index is 991. The number of carbonyl (C=O) groups is 2. The summed E-state index contributed by atoms with van der Waals surface area (Å²) in [7, 11) is 0. The highest BCUT2D eigenvalue weighted by molar-refractivity contribution is 6.32. The largest absolute Gasteiger partial charge is 0.479 e. The van der Waals surface area contributed by atoms with E-state index in [1.165, 1.54) is 0 Å². The van der Waals surface area contributed by atoms with Gasteiger partial charge in [-0.1, -0.05) is 54.1 Å². The van der Waals surface area contributed by atoms with E-state index in [-0.39, 0.29) is 11.8 Å². The first-order chi connectivity index (χ1) is 14.5.